The largest absolute Gasteiger partial charge is 0.359 e. The molecule has 1 aromatic rings. The molecule has 19 heavy (non-hydrogen) atoms. The molecule has 1 rings (SSSR count). The number of hydrogen-bond donors (Lipinski definition) is 2. The second kappa shape index (κ2) is 6.77. The van der Waals surface area contributed by atoms with Crippen LogP contribution >= 0.6 is 0 Å². The molecule has 0 atom stereocenters. The number of aromatic nitrogens is 1. The third kappa shape index (κ3) is 5.41. The van der Waals surface area contributed by atoms with Crippen LogP contribution in [-0.2, 0) is 17.8 Å². The van der Waals surface area contributed by atoms with Crippen LogP contribution in [0.3, 0.4) is 0 Å². The summed E-state index contributed by atoms with van der Waals surface area (Å²) in [5, 5.41) is 6.54. The number of primary amides is 1. The molecule has 3 N–H and O–H groups in total. The Hall–Kier alpha value is -2.05. The first-order valence-electron chi connectivity index (χ1n) is 6.10. The van der Waals surface area contributed by atoms with Gasteiger partial charge in [0.2, 0.25) is 5.91 Å². The Morgan fingerprint density at radius 2 is 2.21 bits per heavy atom. The van der Waals surface area contributed by atoms with Crippen molar-refractivity contribution in [2.24, 2.45) is 11.7 Å². The fourth-order valence-corrected chi connectivity index (χ4v) is 1.49. The number of urea groups is 1. The number of hydrogen-bond acceptors (Lipinski definition) is 4. The number of nitrogens with one attached hydrogen (secondary N) is 1. The highest BCUT2D eigenvalue weighted by molar-refractivity contribution is 5.83. The third-order valence-electron chi connectivity index (χ3n) is 2.44. The molecule has 3 amide bonds. The molecule has 106 valence electrons. The lowest BCUT2D eigenvalue weighted by Gasteiger charge is -2.12. The first-order chi connectivity index (χ1) is 8.88. The smallest absolute Gasteiger partial charge is 0.314 e. The first-order valence-corrected chi connectivity index (χ1v) is 6.10. The van der Waals surface area contributed by atoms with E-state index in [1.54, 1.807) is 0 Å². The summed E-state index contributed by atoms with van der Waals surface area (Å²) in [7, 11) is 1.46. The molecule has 0 saturated heterocycles. The average Bonchev–Trinajstić information content (AvgIpc) is 2.73. The quantitative estimate of drug-likeness (QED) is 0.784. The molecule has 0 fully saturated rings. The number of nitrogens with zero attached hydrogens (tertiary/aromatic N) is 2. The van der Waals surface area contributed by atoms with Crippen LogP contribution in [0.1, 0.15) is 25.3 Å². The molecule has 0 aliphatic carbocycles. The van der Waals surface area contributed by atoms with Crippen LogP contribution in [0.5, 0.6) is 0 Å². The summed E-state index contributed by atoms with van der Waals surface area (Å²) in [5.41, 5.74) is 5.89. The van der Waals surface area contributed by atoms with Crippen molar-refractivity contribution in [2.45, 2.75) is 26.8 Å². The van der Waals surface area contributed by atoms with Crippen LogP contribution < -0.4 is 11.1 Å². The van der Waals surface area contributed by atoms with Gasteiger partial charge in [-0.1, -0.05) is 19.0 Å². The number of carbonyl (C=O) groups is 2. The maximum absolute atomic E-state index is 11.5. The SMILES string of the molecule is CC(C)Cc1cc(CNC(=O)CN(C)C(N)=O)on1. The van der Waals surface area contributed by atoms with Crippen molar-refractivity contribution in [1.82, 2.24) is 15.4 Å². The normalized spacial score (nSPS) is 10.5. The van der Waals surface area contributed by atoms with E-state index in [2.05, 4.69) is 24.3 Å². The molecule has 0 aliphatic rings. The third-order valence-corrected chi connectivity index (χ3v) is 2.44. The summed E-state index contributed by atoms with van der Waals surface area (Å²) in [6.07, 6.45) is 0.835. The molecular formula is C12H20N4O3. The second-order valence-corrected chi connectivity index (χ2v) is 4.85. The van der Waals surface area contributed by atoms with E-state index in [9.17, 15) is 9.59 Å². The first kappa shape index (κ1) is 15.0. The van der Waals surface area contributed by atoms with Crippen LogP contribution in [0, 0.1) is 5.92 Å². The molecule has 0 bridgehead atoms. The van der Waals surface area contributed by atoms with Gasteiger partial charge < -0.3 is 20.5 Å². The Balaban J connectivity index is 2.38. The van der Waals surface area contributed by atoms with Crippen molar-refractivity contribution in [3.8, 4) is 0 Å². The van der Waals surface area contributed by atoms with Gasteiger partial charge in [-0.05, 0) is 12.3 Å². The van der Waals surface area contributed by atoms with Crippen molar-refractivity contribution in [3.63, 3.8) is 0 Å². The molecule has 1 heterocycles. The fourth-order valence-electron chi connectivity index (χ4n) is 1.49. The van der Waals surface area contributed by atoms with Crippen LogP contribution in [0.4, 0.5) is 4.79 Å². The van der Waals surface area contributed by atoms with Crippen LogP contribution in [0.25, 0.3) is 0 Å². The number of likely N-dealkylation sites (N-methyl/N-ethyl adjacent to an activating group) is 1. The Labute approximate surface area is 112 Å². The molecule has 7 heteroatoms. The van der Waals surface area contributed by atoms with E-state index in [4.69, 9.17) is 10.3 Å². The molecule has 0 aliphatic heterocycles. The van der Waals surface area contributed by atoms with Gasteiger partial charge in [0.25, 0.3) is 0 Å². The summed E-state index contributed by atoms with van der Waals surface area (Å²) >= 11 is 0. The van der Waals surface area contributed by atoms with Crippen molar-refractivity contribution in [2.75, 3.05) is 13.6 Å². The van der Waals surface area contributed by atoms with Gasteiger partial charge in [-0.15, -0.1) is 0 Å². The molecule has 0 aromatic carbocycles. The summed E-state index contributed by atoms with van der Waals surface area (Å²) < 4.78 is 5.10. The van der Waals surface area contributed by atoms with Crippen LogP contribution in [0.15, 0.2) is 10.6 Å². The Morgan fingerprint density at radius 1 is 1.53 bits per heavy atom. The van der Waals surface area contributed by atoms with Crippen molar-refractivity contribution >= 4 is 11.9 Å². The van der Waals surface area contributed by atoms with Crippen LogP contribution in [0.2, 0.25) is 0 Å². The minimum Gasteiger partial charge on any atom is -0.359 e. The van der Waals surface area contributed by atoms with E-state index < -0.39 is 6.03 Å². The Kier molecular flexibility index (Phi) is 5.35. The zero-order valence-corrected chi connectivity index (χ0v) is 11.5. The zero-order chi connectivity index (χ0) is 14.4. The highest BCUT2D eigenvalue weighted by Gasteiger charge is 2.11. The topological polar surface area (TPSA) is 101 Å². The van der Waals surface area contributed by atoms with Gasteiger partial charge in [0, 0.05) is 13.1 Å². The maximum atomic E-state index is 11.5. The van der Waals surface area contributed by atoms with Crippen molar-refractivity contribution in [3.05, 3.63) is 17.5 Å². The van der Waals surface area contributed by atoms with Gasteiger partial charge in [0.05, 0.1) is 12.2 Å². The zero-order valence-electron chi connectivity index (χ0n) is 11.5. The number of rotatable bonds is 6. The Morgan fingerprint density at radius 3 is 2.79 bits per heavy atom. The summed E-state index contributed by atoms with van der Waals surface area (Å²) in [5.74, 6) is 0.783. The minimum atomic E-state index is -0.644. The molecule has 0 radical (unpaired) electrons. The summed E-state index contributed by atoms with van der Waals surface area (Å²) in [6, 6.07) is 1.17. The second-order valence-electron chi connectivity index (χ2n) is 4.85. The van der Waals surface area contributed by atoms with Gasteiger partial charge in [-0.2, -0.15) is 0 Å². The van der Waals surface area contributed by atoms with Gasteiger partial charge in [0.1, 0.15) is 6.54 Å². The summed E-state index contributed by atoms with van der Waals surface area (Å²) in [4.78, 5) is 23.4. The standard InChI is InChI=1S/C12H20N4O3/c1-8(2)4-9-5-10(19-15-9)6-14-11(17)7-16(3)12(13)18/h5,8H,4,6-7H2,1-3H3,(H2,13,18)(H,14,17). The monoisotopic (exact) mass is 268 g/mol. The highest BCUT2D eigenvalue weighted by atomic mass is 16.5. The lowest BCUT2D eigenvalue weighted by Crippen LogP contribution is -2.40. The van der Waals surface area contributed by atoms with E-state index in [-0.39, 0.29) is 19.0 Å². The lowest BCUT2D eigenvalue weighted by atomic mass is 10.1. The number of amides is 3. The predicted molar refractivity (Wildman–Crippen MR) is 69.1 cm³/mol. The van der Waals surface area contributed by atoms with E-state index in [1.165, 1.54) is 7.05 Å². The minimum absolute atomic E-state index is 0.0810. The van der Waals surface area contributed by atoms with Crippen LogP contribution in [-0.4, -0.2) is 35.6 Å². The van der Waals surface area contributed by atoms with E-state index in [0.29, 0.717) is 11.7 Å². The fraction of sp³-hybridized carbons (Fsp3) is 0.583. The Bertz CT molecular complexity index is 442. The molecule has 0 spiro atoms. The van der Waals surface area contributed by atoms with Gasteiger partial charge in [0.15, 0.2) is 5.76 Å². The maximum Gasteiger partial charge on any atom is 0.314 e. The van der Waals surface area contributed by atoms with Gasteiger partial charge in [-0.25, -0.2) is 4.79 Å². The van der Waals surface area contributed by atoms with Crippen molar-refractivity contribution in [1.29, 1.82) is 0 Å². The van der Waals surface area contributed by atoms with Gasteiger partial charge >= 0.3 is 6.03 Å². The lowest BCUT2D eigenvalue weighted by molar-refractivity contribution is -0.121. The molecular weight excluding hydrogens is 248 g/mol. The predicted octanol–water partition coefficient (Wildman–Crippen LogP) is 0.500. The van der Waals surface area contributed by atoms with Gasteiger partial charge in [-0.3, -0.25) is 4.79 Å². The molecule has 0 saturated carbocycles. The van der Waals surface area contributed by atoms with E-state index in [1.807, 2.05) is 6.07 Å². The van der Waals surface area contributed by atoms with E-state index in [0.717, 1.165) is 17.0 Å². The molecule has 1 aromatic heterocycles. The average molecular weight is 268 g/mol. The molecule has 0 unspecified atom stereocenters. The molecule has 7 nitrogen and oxygen atoms in total. The number of nitrogens with two attached hydrogens (primary N) is 1. The summed E-state index contributed by atoms with van der Waals surface area (Å²) in [6.45, 7) is 4.35. The van der Waals surface area contributed by atoms with E-state index >= 15 is 0 Å². The highest BCUT2D eigenvalue weighted by Crippen LogP contribution is 2.08. The number of carbonyl (C=O) groups excluding carboxylic acids is 2. The van der Waals surface area contributed by atoms with Crippen molar-refractivity contribution < 1.29 is 14.1 Å².